The number of nitrogens with zero attached hydrogens (tertiary/aromatic N) is 1. The number of anilines is 1. The summed E-state index contributed by atoms with van der Waals surface area (Å²) in [6.07, 6.45) is 1.63. The predicted octanol–water partition coefficient (Wildman–Crippen LogP) is 2.95. The zero-order chi connectivity index (χ0) is 15.1. The van der Waals surface area contributed by atoms with Crippen molar-refractivity contribution < 1.29 is 0 Å². The monoisotopic (exact) mass is 352 g/mol. The number of halogens is 4. The van der Waals surface area contributed by atoms with E-state index in [0.717, 1.165) is 9.50 Å². The lowest BCUT2D eigenvalue weighted by Crippen LogP contribution is -2.61. The van der Waals surface area contributed by atoms with Gasteiger partial charge in [0.05, 0.1) is 10.4 Å². The maximum atomic E-state index is 6.37. The van der Waals surface area contributed by atoms with Gasteiger partial charge in [-0.3, -0.25) is 0 Å². The van der Waals surface area contributed by atoms with E-state index in [-0.39, 0.29) is 10.7 Å². The van der Waals surface area contributed by atoms with Gasteiger partial charge in [0.2, 0.25) is 0 Å². The number of hydrogen-bond donors (Lipinski definition) is 3. The van der Waals surface area contributed by atoms with Crippen molar-refractivity contribution in [3.63, 3.8) is 0 Å². The molecule has 4 nitrogen and oxygen atoms in total. The second-order valence-corrected chi connectivity index (χ2v) is 6.14. The fourth-order valence-corrected chi connectivity index (χ4v) is 3.21. The number of allylic oxidation sites excluding steroid dienone is 2. The van der Waals surface area contributed by atoms with E-state index in [4.69, 9.17) is 64.0 Å². The molecule has 1 aromatic rings. The van der Waals surface area contributed by atoms with Crippen molar-refractivity contribution in [1.82, 2.24) is 3.94 Å². The second kappa shape index (κ2) is 5.64. The van der Waals surface area contributed by atoms with Gasteiger partial charge in [0.25, 0.3) is 0 Å². The van der Waals surface area contributed by atoms with Crippen LogP contribution >= 0.6 is 46.8 Å². The van der Waals surface area contributed by atoms with Crippen LogP contribution in [0.3, 0.4) is 0 Å². The molecule has 20 heavy (non-hydrogen) atoms. The van der Waals surface area contributed by atoms with E-state index >= 15 is 0 Å². The Morgan fingerprint density at radius 1 is 1.10 bits per heavy atom. The third kappa shape index (κ3) is 2.72. The molecule has 0 aromatic heterocycles. The van der Waals surface area contributed by atoms with Gasteiger partial charge in [-0.2, -0.15) is 3.94 Å². The van der Waals surface area contributed by atoms with Gasteiger partial charge >= 0.3 is 0 Å². The molecule has 1 aromatic carbocycles. The van der Waals surface area contributed by atoms with Crippen LogP contribution in [0.5, 0.6) is 0 Å². The van der Waals surface area contributed by atoms with Crippen LogP contribution in [0, 0.1) is 0 Å². The number of rotatable bonds is 2. The summed E-state index contributed by atoms with van der Waals surface area (Å²) in [5.41, 5.74) is 18.5. The van der Waals surface area contributed by atoms with Crippen molar-refractivity contribution in [3.8, 4) is 0 Å². The van der Waals surface area contributed by atoms with Crippen LogP contribution in [0.1, 0.15) is 5.56 Å². The maximum absolute atomic E-state index is 6.37. The minimum Gasteiger partial charge on any atom is -0.399 e. The third-order valence-electron chi connectivity index (χ3n) is 3.02. The first-order valence-corrected chi connectivity index (χ1v) is 7.05. The van der Waals surface area contributed by atoms with Crippen molar-refractivity contribution in [2.45, 2.75) is 11.0 Å². The van der Waals surface area contributed by atoms with Crippen LogP contribution in [0.2, 0.25) is 0 Å². The van der Waals surface area contributed by atoms with Crippen LogP contribution in [-0.4, -0.2) is 15.0 Å². The van der Waals surface area contributed by atoms with Crippen molar-refractivity contribution in [3.05, 3.63) is 46.6 Å². The van der Waals surface area contributed by atoms with Gasteiger partial charge in [-0.15, -0.1) is 11.6 Å². The van der Waals surface area contributed by atoms with Gasteiger partial charge < -0.3 is 17.2 Å². The molecule has 0 heterocycles. The van der Waals surface area contributed by atoms with Crippen LogP contribution in [0.15, 0.2) is 41.1 Å². The summed E-state index contributed by atoms with van der Waals surface area (Å²) in [6, 6.07) is 7.11. The van der Waals surface area contributed by atoms with Crippen molar-refractivity contribution in [2.75, 3.05) is 5.73 Å². The molecule has 1 aliphatic rings. The van der Waals surface area contributed by atoms with E-state index < -0.39 is 11.0 Å². The molecule has 0 saturated carbocycles. The second-order valence-electron chi connectivity index (χ2n) is 4.45. The Labute approximate surface area is 136 Å². The minimum atomic E-state index is -1.51. The molecule has 0 radical (unpaired) electrons. The molecule has 1 unspecified atom stereocenters. The number of alkyl halides is 1. The Morgan fingerprint density at radius 2 is 1.65 bits per heavy atom. The number of benzene rings is 1. The van der Waals surface area contributed by atoms with Gasteiger partial charge in [0.15, 0.2) is 0 Å². The highest BCUT2D eigenvalue weighted by Crippen LogP contribution is 2.41. The van der Waals surface area contributed by atoms with Crippen LogP contribution in [0.4, 0.5) is 5.69 Å². The third-order valence-corrected chi connectivity index (χ3v) is 4.25. The van der Waals surface area contributed by atoms with Crippen molar-refractivity contribution in [2.24, 2.45) is 11.5 Å². The molecule has 2 rings (SSSR count). The Morgan fingerprint density at radius 3 is 2.15 bits per heavy atom. The van der Waals surface area contributed by atoms with Crippen LogP contribution in [0.25, 0.3) is 5.57 Å². The quantitative estimate of drug-likeness (QED) is 0.330. The first-order valence-electron chi connectivity index (χ1n) is 5.56. The first kappa shape index (κ1) is 15.8. The SMILES string of the molecule is Nc1ccc(C2=CC(Cl)=C(N(Cl)Cl)C(N)(N)C2Cl)cc1. The molecule has 1 aliphatic carbocycles. The topological polar surface area (TPSA) is 81.3 Å². The highest BCUT2D eigenvalue weighted by Gasteiger charge is 2.43. The summed E-state index contributed by atoms with van der Waals surface area (Å²) in [6.45, 7) is 0. The molecule has 108 valence electrons. The summed E-state index contributed by atoms with van der Waals surface area (Å²) in [5.74, 6) is 0. The molecule has 0 fully saturated rings. The highest BCUT2D eigenvalue weighted by atomic mass is 35.5. The van der Waals surface area contributed by atoms with E-state index in [1.807, 2.05) is 0 Å². The standard InChI is InChI=1S/C12H12Cl4N4/c13-9-5-8(6-1-3-7(17)4-2-6)10(14)12(18,19)11(9)20(15)16/h1-5,10H,17-19H2. The van der Waals surface area contributed by atoms with E-state index in [1.165, 1.54) is 0 Å². The number of nitrogens with two attached hydrogens (primary N) is 3. The average Bonchev–Trinajstić information content (AvgIpc) is 2.34. The summed E-state index contributed by atoms with van der Waals surface area (Å²) >= 11 is 23.9. The summed E-state index contributed by atoms with van der Waals surface area (Å²) < 4.78 is 0.730. The molecular formula is C12H12Cl4N4. The molecule has 8 heteroatoms. The fourth-order valence-electron chi connectivity index (χ4n) is 1.99. The molecule has 0 spiro atoms. The summed E-state index contributed by atoms with van der Waals surface area (Å²) in [4.78, 5) is 0. The van der Waals surface area contributed by atoms with Gasteiger partial charge in [-0.05, 0) is 29.3 Å². The average molecular weight is 354 g/mol. The van der Waals surface area contributed by atoms with Crippen molar-refractivity contribution >= 4 is 58.0 Å². The minimum absolute atomic E-state index is 0.140. The summed E-state index contributed by atoms with van der Waals surface area (Å²) in [5, 5.41) is -0.535. The van der Waals surface area contributed by atoms with Crippen LogP contribution in [-0.2, 0) is 0 Å². The Kier molecular flexibility index (Phi) is 4.44. The Hall–Kier alpha value is -0.620. The Bertz CT molecular complexity index is 578. The lowest BCUT2D eigenvalue weighted by molar-refractivity contribution is 0.480. The molecular weight excluding hydrogens is 342 g/mol. The molecule has 0 aliphatic heterocycles. The van der Waals surface area contributed by atoms with Gasteiger partial charge in [-0.1, -0.05) is 23.7 Å². The number of nitrogen functional groups attached to an aromatic ring is 1. The van der Waals surface area contributed by atoms with E-state index in [9.17, 15) is 0 Å². The summed E-state index contributed by atoms with van der Waals surface area (Å²) in [7, 11) is 0. The first-order chi connectivity index (χ1) is 9.25. The molecule has 1 atom stereocenters. The van der Waals surface area contributed by atoms with E-state index in [1.54, 1.807) is 30.3 Å². The van der Waals surface area contributed by atoms with Crippen LogP contribution < -0.4 is 17.2 Å². The Balaban J connectivity index is 2.55. The largest absolute Gasteiger partial charge is 0.399 e. The fraction of sp³-hybridized carbons (Fsp3) is 0.167. The maximum Gasteiger partial charge on any atom is 0.130 e. The van der Waals surface area contributed by atoms with Gasteiger partial charge in [0.1, 0.15) is 11.4 Å². The van der Waals surface area contributed by atoms with Gasteiger partial charge in [-0.25, -0.2) is 0 Å². The number of hydrogen-bond acceptors (Lipinski definition) is 4. The highest BCUT2D eigenvalue weighted by molar-refractivity contribution is 6.39. The smallest absolute Gasteiger partial charge is 0.130 e. The molecule has 0 amide bonds. The lowest BCUT2D eigenvalue weighted by atomic mass is 9.88. The normalized spacial score (nSPS) is 21.7. The van der Waals surface area contributed by atoms with E-state index in [0.29, 0.717) is 11.3 Å². The molecule has 0 saturated heterocycles. The zero-order valence-corrected chi connectivity index (χ0v) is 13.2. The van der Waals surface area contributed by atoms with Gasteiger partial charge in [0, 0.05) is 29.2 Å². The molecule has 6 N–H and O–H groups in total. The zero-order valence-electron chi connectivity index (χ0n) is 10.2. The molecule has 0 bridgehead atoms. The lowest BCUT2D eigenvalue weighted by Gasteiger charge is -2.38. The van der Waals surface area contributed by atoms with E-state index in [2.05, 4.69) is 0 Å². The van der Waals surface area contributed by atoms with Crippen molar-refractivity contribution in [1.29, 1.82) is 0 Å². The predicted molar refractivity (Wildman–Crippen MR) is 86.0 cm³/mol.